The van der Waals surface area contributed by atoms with E-state index in [-0.39, 0.29) is 30.9 Å². The van der Waals surface area contributed by atoms with Crippen LogP contribution in [0.15, 0.2) is 4.42 Å². The third kappa shape index (κ3) is 4.95. The van der Waals surface area contributed by atoms with Crippen molar-refractivity contribution in [3.63, 3.8) is 0 Å². The van der Waals surface area contributed by atoms with Crippen LogP contribution in [0, 0.1) is 19.8 Å². The molecule has 1 aliphatic rings. The fourth-order valence-corrected chi connectivity index (χ4v) is 2.46. The van der Waals surface area contributed by atoms with Gasteiger partial charge in [-0.25, -0.2) is 4.98 Å². The maximum absolute atomic E-state index is 5.99. The van der Waals surface area contributed by atoms with Crippen LogP contribution >= 0.6 is 24.8 Å². The standard InChI is InChI=1S/C13H23N3O.2ClH/c1-9(14)12-5-4-6-16(7-12)8-13-15-10(2)11(3)17-13;;/h9,12H,4-8,14H2,1-3H3;2*1H. The van der Waals surface area contributed by atoms with Gasteiger partial charge in [-0.3, -0.25) is 4.90 Å². The predicted molar refractivity (Wildman–Crippen MR) is 82.1 cm³/mol. The maximum Gasteiger partial charge on any atom is 0.208 e. The van der Waals surface area contributed by atoms with Crippen molar-refractivity contribution in [2.75, 3.05) is 13.1 Å². The molecule has 0 radical (unpaired) electrons. The molecule has 0 aliphatic carbocycles. The lowest BCUT2D eigenvalue weighted by atomic mass is 9.92. The summed E-state index contributed by atoms with van der Waals surface area (Å²) in [5, 5.41) is 0. The van der Waals surface area contributed by atoms with Crippen LogP contribution in [0.5, 0.6) is 0 Å². The van der Waals surface area contributed by atoms with E-state index in [0.29, 0.717) is 5.92 Å². The van der Waals surface area contributed by atoms with Crippen molar-refractivity contribution in [3.05, 3.63) is 17.3 Å². The number of hydrogen-bond donors (Lipinski definition) is 1. The number of oxazole rings is 1. The lowest BCUT2D eigenvalue weighted by Gasteiger charge is -2.33. The van der Waals surface area contributed by atoms with Gasteiger partial charge < -0.3 is 10.2 Å². The molecule has 1 fully saturated rings. The smallest absolute Gasteiger partial charge is 0.208 e. The molecule has 0 amide bonds. The molecule has 0 bridgehead atoms. The van der Waals surface area contributed by atoms with Gasteiger partial charge in [0.2, 0.25) is 5.89 Å². The molecule has 6 heteroatoms. The summed E-state index contributed by atoms with van der Waals surface area (Å²) in [6, 6.07) is 0.283. The first kappa shape index (κ1) is 18.7. The summed E-state index contributed by atoms with van der Waals surface area (Å²) in [6.45, 7) is 9.07. The number of hydrogen-bond acceptors (Lipinski definition) is 4. The summed E-state index contributed by atoms with van der Waals surface area (Å²) in [5.41, 5.74) is 6.99. The molecule has 1 aromatic rings. The minimum atomic E-state index is 0. The van der Waals surface area contributed by atoms with E-state index in [0.717, 1.165) is 37.0 Å². The number of likely N-dealkylation sites (tertiary alicyclic amines) is 1. The zero-order chi connectivity index (χ0) is 12.4. The second-order valence-electron chi connectivity index (χ2n) is 5.25. The van der Waals surface area contributed by atoms with Gasteiger partial charge in [0, 0.05) is 12.6 Å². The zero-order valence-corrected chi connectivity index (χ0v) is 13.5. The summed E-state index contributed by atoms with van der Waals surface area (Å²) >= 11 is 0. The topological polar surface area (TPSA) is 55.3 Å². The van der Waals surface area contributed by atoms with Gasteiger partial charge in [0.1, 0.15) is 5.76 Å². The fourth-order valence-electron chi connectivity index (χ4n) is 2.46. The summed E-state index contributed by atoms with van der Waals surface area (Å²) in [4.78, 5) is 6.84. The SMILES string of the molecule is Cc1nc(CN2CCCC(C(C)N)C2)oc1C.Cl.Cl. The third-order valence-electron chi connectivity index (χ3n) is 3.72. The molecule has 1 aliphatic heterocycles. The van der Waals surface area contributed by atoms with Crippen LogP contribution in [0.4, 0.5) is 0 Å². The minimum absolute atomic E-state index is 0. The number of nitrogens with two attached hydrogens (primary N) is 1. The van der Waals surface area contributed by atoms with Crippen molar-refractivity contribution >= 4 is 24.8 Å². The molecule has 19 heavy (non-hydrogen) atoms. The molecular weight excluding hydrogens is 285 g/mol. The van der Waals surface area contributed by atoms with E-state index < -0.39 is 0 Å². The molecule has 2 heterocycles. The highest BCUT2D eigenvalue weighted by Crippen LogP contribution is 2.20. The monoisotopic (exact) mass is 309 g/mol. The number of rotatable bonds is 3. The summed E-state index contributed by atoms with van der Waals surface area (Å²) in [6.07, 6.45) is 2.47. The number of nitrogens with zero attached hydrogens (tertiary/aromatic N) is 2. The van der Waals surface area contributed by atoms with Crippen molar-refractivity contribution in [3.8, 4) is 0 Å². The van der Waals surface area contributed by atoms with Crippen LogP contribution in [0.25, 0.3) is 0 Å². The van der Waals surface area contributed by atoms with E-state index in [9.17, 15) is 0 Å². The van der Waals surface area contributed by atoms with Gasteiger partial charge in [0.25, 0.3) is 0 Å². The highest BCUT2D eigenvalue weighted by molar-refractivity contribution is 5.85. The van der Waals surface area contributed by atoms with E-state index in [2.05, 4.69) is 16.8 Å². The zero-order valence-electron chi connectivity index (χ0n) is 11.9. The van der Waals surface area contributed by atoms with Gasteiger partial charge in [0.05, 0.1) is 12.2 Å². The molecule has 2 atom stereocenters. The van der Waals surface area contributed by atoms with E-state index in [1.807, 2.05) is 13.8 Å². The second-order valence-corrected chi connectivity index (χ2v) is 5.25. The normalized spacial score (nSPS) is 21.4. The first-order valence-electron chi connectivity index (χ1n) is 6.47. The summed E-state index contributed by atoms with van der Waals surface area (Å²) in [7, 11) is 0. The van der Waals surface area contributed by atoms with Crippen LogP contribution in [0.3, 0.4) is 0 Å². The fraction of sp³-hybridized carbons (Fsp3) is 0.769. The Kier molecular flexibility index (Phi) is 7.98. The Hall–Kier alpha value is -0.290. The van der Waals surface area contributed by atoms with Crippen molar-refractivity contribution in [2.45, 2.75) is 46.2 Å². The molecular formula is C13H25Cl2N3O. The molecule has 112 valence electrons. The predicted octanol–water partition coefficient (Wildman–Crippen LogP) is 2.69. The highest BCUT2D eigenvalue weighted by Gasteiger charge is 2.23. The average Bonchev–Trinajstić information content (AvgIpc) is 2.58. The molecule has 4 nitrogen and oxygen atoms in total. The van der Waals surface area contributed by atoms with Gasteiger partial charge >= 0.3 is 0 Å². The molecule has 0 aromatic carbocycles. The van der Waals surface area contributed by atoms with Crippen LogP contribution in [0.1, 0.15) is 37.1 Å². The van der Waals surface area contributed by atoms with E-state index in [1.54, 1.807) is 0 Å². The van der Waals surface area contributed by atoms with Gasteiger partial charge in [-0.2, -0.15) is 0 Å². The first-order valence-corrected chi connectivity index (χ1v) is 6.47. The van der Waals surface area contributed by atoms with Crippen molar-refractivity contribution in [1.82, 2.24) is 9.88 Å². The van der Waals surface area contributed by atoms with Crippen LogP contribution in [-0.4, -0.2) is 29.0 Å². The van der Waals surface area contributed by atoms with Crippen molar-refractivity contribution < 1.29 is 4.42 Å². The number of piperidine rings is 1. The Bertz CT molecular complexity index is 362. The molecule has 2 N–H and O–H groups in total. The maximum atomic E-state index is 5.99. The quantitative estimate of drug-likeness (QED) is 0.932. The highest BCUT2D eigenvalue weighted by atomic mass is 35.5. The summed E-state index contributed by atoms with van der Waals surface area (Å²) < 4.78 is 5.63. The Morgan fingerprint density at radius 3 is 2.63 bits per heavy atom. The molecule has 1 saturated heterocycles. The molecule has 0 spiro atoms. The lowest BCUT2D eigenvalue weighted by molar-refractivity contribution is 0.142. The Labute approximate surface area is 127 Å². The van der Waals surface area contributed by atoms with Crippen LogP contribution in [0.2, 0.25) is 0 Å². The lowest BCUT2D eigenvalue weighted by Crippen LogP contribution is -2.41. The number of halogens is 2. The van der Waals surface area contributed by atoms with Gasteiger partial charge in [-0.05, 0) is 46.1 Å². The van der Waals surface area contributed by atoms with Gasteiger partial charge in [-0.15, -0.1) is 24.8 Å². The van der Waals surface area contributed by atoms with Crippen molar-refractivity contribution in [2.24, 2.45) is 11.7 Å². The first-order chi connectivity index (χ1) is 8.06. The average molecular weight is 310 g/mol. The third-order valence-corrected chi connectivity index (χ3v) is 3.72. The van der Waals surface area contributed by atoms with E-state index >= 15 is 0 Å². The van der Waals surface area contributed by atoms with Crippen molar-refractivity contribution in [1.29, 1.82) is 0 Å². The van der Waals surface area contributed by atoms with E-state index in [1.165, 1.54) is 12.8 Å². The Balaban J connectivity index is 0.00000162. The molecule has 2 unspecified atom stereocenters. The Morgan fingerprint density at radius 1 is 1.42 bits per heavy atom. The molecule has 1 aromatic heterocycles. The van der Waals surface area contributed by atoms with Crippen LogP contribution in [-0.2, 0) is 6.54 Å². The summed E-state index contributed by atoms with van der Waals surface area (Å²) in [5.74, 6) is 2.38. The molecule has 2 rings (SSSR count). The van der Waals surface area contributed by atoms with Crippen LogP contribution < -0.4 is 5.73 Å². The van der Waals surface area contributed by atoms with Gasteiger partial charge in [-0.1, -0.05) is 0 Å². The van der Waals surface area contributed by atoms with E-state index in [4.69, 9.17) is 10.2 Å². The Morgan fingerprint density at radius 2 is 2.11 bits per heavy atom. The molecule has 0 saturated carbocycles. The second kappa shape index (κ2) is 8.10. The minimum Gasteiger partial charge on any atom is -0.444 e. The van der Waals surface area contributed by atoms with Gasteiger partial charge in [0.15, 0.2) is 0 Å². The largest absolute Gasteiger partial charge is 0.444 e. The number of aromatic nitrogens is 1. The number of aryl methyl sites for hydroxylation is 2.